The largest absolute Gasteiger partial charge is 0.383 e. The van der Waals surface area contributed by atoms with Crippen molar-refractivity contribution in [2.75, 3.05) is 11.5 Å². The third-order valence-corrected chi connectivity index (χ3v) is 4.70. The Kier molecular flexibility index (Phi) is 3.37. The van der Waals surface area contributed by atoms with Crippen molar-refractivity contribution in [3.8, 4) is 11.1 Å². The summed E-state index contributed by atoms with van der Waals surface area (Å²) < 4.78 is 1.67. The minimum atomic E-state index is 0.245. The lowest BCUT2D eigenvalue weighted by Crippen LogP contribution is -2.12. The number of aromatic nitrogens is 4. The summed E-state index contributed by atoms with van der Waals surface area (Å²) in [6, 6.07) is 6.03. The highest BCUT2D eigenvalue weighted by molar-refractivity contribution is 5.76. The summed E-state index contributed by atoms with van der Waals surface area (Å²) in [4.78, 5) is 8.53. The summed E-state index contributed by atoms with van der Waals surface area (Å²) in [6.45, 7) is 0. The van der Waals surface area contributed by atoms with Crippen LogP contribution in [0.15, 0.2) is 30.6 Å². The van der Waals surface area contributed by atoms with Crippen LogP contribution in [-0.4, -0.2) is 19.6 Å². The summed E-state index contributed by atoms with van der Waals surface area (Å²) in [5.74, 6) is 1.35. The summed E-state index contributed by atoms with van der Waals surface area (Å²) in [6.07, 6.45) is 9.76. The van der Waals surface area contributed by atoms with Crippen LogP contribution in [0.3, 0.4) is 0 Å². The van der Waals surface area contributed by atoms with Crippen molar-refractivity contribution in [1.82, 2.24) is 19.6 Å². The molecule has 1 aliphatic rings. The van der Waals surface area contributed by atoms with Gasteiger partial charge in [-0.15, -0.1) is 5.10 Å². The summed E-state index contributed by atoms with van der Waals surface area (Å²) in [5, 5.41) is 4.25. The van der Waals surface area contributed by atoms with Gasteiger partial charge in [-0.05, 0) is 36.5 Å². The fraction of sp³-hybridized carbons (Fsp3) is 0.353. The van der Waals surface area contributed by atoms with Crippen LogP contribution in [0.25, 0.3) is 16.8 Å². The maximum atomic E-state index is 6.49. The van der Waals surface area contributed by atoms with Crippen molar-refractivity contribution < 1.29 is 0 Å². The maximum absolute atomic E-state index is 6.49. The Bertz CT molecular complexity index is 833. The van der Waals surface area contributed by atoms with E-state index in [1.807, 2.05) is 18.3 Å². The second-order valence-electron chi connectivity index (χ2n) is 6.17. The van der Waals surface area contributed by atoms with E-state index in [1.165, 1.54) is 19.3 Å². The Balaban J connectivity index is 1.98. The minimum absolute atomic E-state index is 0.245. The van der Waals surface area contributed by atoms with Crippen molar-refractivity contribution in [2.45, 2.75) is 38.0 Å². The molecule has 4 N–H and O–H groups in total. The van der Waals surface area contributed by atoms with Gasteiger partial charge in [-0.2, -0.15) is 9.50 Å². The molecule has 3 aromatic rings. The van der Waals surface area contributed by atoms with Gasteiger partial charge in [-0.1, -0.05) is 25.3 Å². The number of anilines is 2. The number of nitrogen functional groups attached to an aromatic ring is 2. The van der Waals surface area contributed by atoms with Gasteiger partial charge in [-0.3, -0.25) is 4.98 Å². The topological polar surface area (TPSA) is 95.1 Å². The van der Waals surface area contributed by atoms with E-state index < -0.39 is 0 Å². The van der Waals surface area contributed by atoms with E-state index in [2.05, 4.69) is 21.1 Å². The molecule has 23 heavy (non-hydrogen) atoms. The van der Waals surface area contributed by atoms with Gasteiger partial charge >= 0.3 is 0 Å². The Hall–Kier alpha value is -2.63. The first kappa shape index (κ1) is 14.0. The first-order chi connectivity index (χ1) is 11.2. The lowest BCUT2D eigenvalue weighted by molar-refractivity contribution is 0.444. The number of nitrogens with two attached hydrogens (primary N) is 2. The number of rotatable bonds is 2. The lowest BCUT2D eigenvalue weighted by atomic mass is 9.81. The first-order valence-electron chi connectivity index (χ1n) is 8.09. The molecule has 1 saturated carbocycles. The van der Waals surface area contributed by atoms with Crippen LogP contribution in [0.4, 0.5) is 11.8 Å². The second kappa shape index (κ2) is 5.53. The van der Waals surface area contributed by atoms with Gasteiger partial charge in [-0.25, -0.2) is 0 Å². The molecular weight excluding hydrogens is 288 g/mol. The highest BCUT2D eigenvalue weighted by Gasteiger charge is 2.24. The molecule has 0 spiro atoms. The zero-order valence-corrected chi connectivity index (χ0v) is 12.9. The zero-order chi connectivity index (χ0) is 15.8. The standard InChI is InChI=1S/C17H20N6/c18-16-15(11-5-2-1-3-6-11)13(12-7-4-8-20-10-12)9-14-21-17(19)22-23(14)16/h4,7-11H,1-3,5-6,18H2,(H2,19,22). The summed E-state index contributed by atoms with van der Waals surface area (Å²) >= 11 is 0. The van der Waals surface area contributed by atoms with Gasteiger partial charge < -0.3 is 11.5 Å². The molecule has 0 saturated heterocycles. The molecule has 6 nitrogen and oxygen atoms in total. The van der Waals surface area contributed by atoms with E-state index in [0.29, 0.717) is 17.4 Å². The molecule has 4 rings (SSSR count). The van der Waals surface area contributed by atoms with Gasteiger partial charge in [0.15, 0.2) is 5.65 Å². The number of hydrogen-bond acceptors (Lipinski definition) is 5. The van der Waals surface area contributed by atoms with Crippen LogP contribution in [0, 0.1) is 0 Å². The number of fused-ring (bicyclic) bond motifs is 1. The number of pyridine rings is 2. The van der Waals surface area contributed by atoms with Crippen molar-refractivity contribution in [2.24, 2.45) is 0 Å². The van der Waals surface area contributed by atoms with E-state index in [4.69, 9.17) is 11.5 Å². The molecule has 0 bridgehead atoms. The van der Waals surface area contributed by atoms with Gasteiger partial charge in [0, 0.05) is 23.5 Å². The Morgan fingerprint density at radius 3 is 2.70 bits per heavy atom. The molecule has 118 valence electrons. The third kappa shape index (κ3) is 2.40. The second-order valence-corrected chi connectivity index (χ2v) is 6.17. The Morgan fingerprint density at radius 1 is 1.13 bits per heavy atom. The van der Waals surface area contributed by atoms with E-state index >= 15 is 0 Å². The molecule has 6 heteroatoms. The van der Waals surface area contributed by atoms with Crippen molar-refractivity contribution in [3.05, 3.63) is 36.2 Å². The van der Waals surface area contributed by atoms with Gasteiger partial charge in [0.05, 0.1) is 0 Å². The fourth-order valence-electron chi connectivity index (χ4n) is 3.65. The zero-order valence-electron chi connectivity index (χ0n) is 12.9. The number of nitrogens with zero attached hydrogens (tertiary/aromatic N) is 4. The predicted molar refractivity (Wildman–Crippen MR) is 90.9 cm³/mol. The third-order valence-electron chi connectivity index (χ3n) is 4.70. The average Bonchev–Trinajstić information content (AvgIpc) is 2.97. The predicted octanol–water partition coefficient (Wildman–Crippen LogP) is 3.00. The van der Waals surface area contributed by atoms with E-state index in [1.54, 1.807) is 10.7 Å². The molecule has 3 aromatic heterocycles. The molecule has 0 radical (unpaired) electrons. The molecule has 0 amide bonds. The van der Waals surface area contributed by atoms with Crippen molar-refractivity contribution in [3.63, 3.8) is 0 Å². The Labute approximate surface area is 134 Å². The normalized spacial score (nSPS) is 16.0. The fourth-order valence-corrected chi connectivity index (χ4v) is 3.65. The lowest BCUT2D eigenvalue weighted by Gasteiger charge is -2.26. The van der Waals surface area contributed by atoms with E-state index in [-0.39, 0.29) is 5.95 Å². The summed E-state index contributed by atoms with van der Waals surface area (Å²) in [5.41, 5.74) is 16.3. The van der Waals surface area contributed by atoms with Crippen LogP contribution in [0.2, 0.25) is 0 Å². The Morgan fingerprint density at radius 2 is 1.96 bits per heavy atom. The smallest absolute Gasteiger partial charge is 0.240 e. The van der Waals surface area contributed by atoms with Crippen molar-refractivity contribution >= 4 is 17.4 Å². The molecule has 1 aliphatic carbocycles. The molecule has 3 heterocycles. The van der Waals surface area contributed by atoms with Crippen LogP contribution >= 0.6 is 0 Å². The van der Waals surface area contributed by atoms with Gasteiger partial charge in [0.2, 0.25) is 5.95 Å². The van der Waals surface area contributed by atoms with E-state index in [9.17, 15) is 0 Å². The summed E-state index contributed by atoms with van der Waals surface area (Å²) in [7, 11) is 0. The van der Waals surface area contributed by atoms with Gasteiger partial charge in [0.25, 0.3) is 0 Å². The first-order valence-corrected chi connectivity index (χ1v) is 8.09. The molecule has 0 unspecified atom stereocenters. The molecule has 0 atom stereocenters. The average molecular weight is 308 g/mol. The van der Waals surface area contributed by atoms with Crippen molar-refractivity contribution in [1.29, 1.82) is 0 Å². The monoisotopic (exact) mass is 308 g/mol. The van der Waals surface area contributed by atoms with Gasteiger partial charge in [0.1, 0.15) is 5.82 Å². The van der Waals surface area contributed by atoms with Crippen LogP contribution < -0.4 is 11.5 Å². The molecule has 1 fully saturated rings. The number of hydrogen-bond donors (Lipinski definition) is 2. The van der Waals surface area contributed by atoms with Crippen LogP contribution in [-0.2, 0) is 0 Å². The van der Waals surface area contributed by atoms with Crippen LogP contribution in [0.5, 0.6) is 0 Å². The molecule has 0 aromatic carbocycles. The van der Waals surface area contributed by atoms with Crippen LogP contribution in [0.1, 0.15) is 43.6 Å². The minimum Gasteiger partial charge on any atom is -0.383 e. The SMILES string of the molecule is Nc1nc2cc(-c3cccnc3)c(C3CCCCC3)c(N)n2n1. The molecular formula is C17H20N6. The highest BCUT2D eigenvalue weighted by atomic mass is 15.3. The quantitative estimate of drug-likeness (QED) is 0.758. The van der Waals surface area contributed by atoms with E-state index in [0.717, 1.165) is 29.5 Å². The maximum Gasteiger partial charge on any atom is 0.240 e. The molecule has 0 aliphatic heterocycles. The highest BCUT2D eigenvalue weighted by Crippen LogP contribution is 2.41.